The molecule has 1 atom stereocenters. The van der Waals surface area contributed by atoms with Gasteiger partial charge in [-0.15, -0.1) is 11.8 Å². The summed E-state index contributed by atoms with van der Waals surface area (Å²) in [5.41, 5.74) is 7.60. The lowest BCUT2D eigenvalue weighted by Crippen LogP contribution is -2.25. The number of halogens is 2. The van der Waals surface area contributed by atoms with Crippen LogP contribution in [0.25, 0.3) is 0 Å². The van der Waals surface area contributed by atoms with Crippen LogP contribution in [-0.2, 0) is 9.63 Å². The molecule has 12 heteroatoms. The molecule has 1 unspecified atom stereocenters. The Morgan fingerprint density at radius 3 is 2.58 bits per heavy atom. The van der Waals surface area contributed by atoms with Crippen LogP contribution in [0.4, 0.5) is 0 Å². The van der Waals surface area contributed by atoms with Gasteiger partial charge in [-0.05, 0) is 50.8 Å². The third kappa shape index (κ3) is 8.36. The normalized spacial score (nSPS) is 17.2. The molecule has 0 spiro atoms. The average molecular weight is 536 g/mol. The Labute approximate surface area is 212 Å². The van der Waals surface area contributed by atoms with Crippen LogP contribution in [0.15, 0.2) is 42.8 Å². The van der Waals surface area contributed by atoms with Crippen LogP contribution < -0.4 is 0 Å². The number of carboxylic acids is 1. The molecular formula is C21H28Cl2N4O4S2. The summed E-state index contributed by atoms with van der Waals surface area (Å²) in [7, 11) is 0. The van der Waals surface area contributed by atoms with E-state index in [0.717, 1.165) is 29.1 Å². The highest BCUT2D eigenvalue weighted by Crippen LogP contribution is 2.53. The maximum Gasteiger partial charge on any atom is 0.307 e. The van der Waals surface area contributed by atoms with Crippen molar-refractivity contribution in [2.45, 2.75) is 60.6 Å². The molecule has 1 aromatic rings. The van der Waals surface area contributed by atoms with Crippen LogP contribution in [0, 0.1) is 5.53 Å². The zero-order valence-corrected chi connectivity index (χ0v) is 21.6. The summed E-state index contributed by atoms with van der Waals surface area (Å²) in [5, 5.41) is 29.2. The third-order valence-corrected chi connectivity index (χ3v) is 8.59. The maximum absolute atomic E-state index is 11.5. The summed E-state index contributed by atoms with van der Waals surface area (Å²) in [6.45, 7) is 4.90. The number of aliphatic hydroxyl groups excluding tert-OH is 1. The van der Waals surface area contributed by atoms with Crippen LogP contribution in [0.1, 0.15) is 39.5 Å². The molecule has 0 radical (unpaired) electrons. The SMILES string of the molecule is CC(C)N(CCCCCO/N=C/C(CC(=O)O)=C1\Sc2c(Cl)ccc(Cl)c2SC1CO)N=N. The monoisotopic (exact) mass is 534 g/mol. The predicted octanol–water partition coefficient (Wildman–Crippen LogP) is 6.11. The first-order valence-electron chi connectivity index (χ1n) is 10.5. The van der Waals surface area contributed by atoms with Crippen molar-refractivity contribution < 1.29 is 19.8 Å². The number of fused-ring (bicyclic) bond motifs is 1. The van der Waals surface area contributed by atoms with Gasteiger partial charge >= 0.3 is 5.97 Å². The minimum absolute atomic E-state index is 0.189. The highest BCUT2D eigenvalue weighted by molar-refractivity contribution is 8.09. The molecule has 0 aliphatic carbocycles. The van der Waals surface area contributed by atoms with Crippen molar-refractivity contribution in [3.05, 3.63) is 32.7 Å². The molecule has 8 nitrogen and oxygen atoms in total. The summed E-state index contributed by atoms with van der Waals surface area (Å²) in [6.07, 6.45) is 3.70. The Balaban J connectivity index is 2.03. The molecule has 0 bridgehead atoms. The summed E-state index contributed by atoms with van der Waals surface area (Å²) >= 11 is 15.3. The van der Waals surface area contributed by atoms with Gasteiger partial charge in [0.05, 0.1) is 34.5 Å². The Morgan fingerprint density at radius 1 is 1.27 bits per heavy atom. The van der Waals surface area contributed by atoms with Gasteiger partial charge in [0, 0.05) is 27.3 Å². The minimum Gasteiger partial charge on any atom is -0.481 e. The number of carbonyl (C=O) groups is 1. The molecule has 1 aliphatic heterocycles. The van der Waals surface area contributed by atoms with Crippen LogP contribution in [0.2, 0.25) is 10.0 Å². The van der Waals surface area contributed by atoms with Gasteiger partial charge in [-0.1, -0.05) is 45.3 Å². The minimum atomic E-state index is -1.01. The van der Waals surface area contributed by atoms with E-state index in [1.807, 2.05) is 13.8 Å². The van der Waals surface area contributed by atoms with E-state index in [9.17, 15) is 15.0 Å². The lowest BCUT2D eigenvalue weighted by molar-refractivity contribution is -0.136. The number of aliphatic carboxylic acids is 1. The Morgan fingerprint density at radius 2 is 1.97 bits per heavy atom. The van der Waals surface area contributed by atoms with Crippen molar-refractivity contribution in [3.63, 3.8) is 0 Å². The fourth-order valence-corrected chi connectivity index (χ4v) is 6.34. The van der Waals surface area contributed by atoms with E-state index in [-0.39, 0.29) is 24.3 Å². The largest absolute Gasteiger partial charge is 0.481 e. The van der Waals surface area contributed by atoms with E-state index in [4.69, 9.17) is 33.6 Å². The van der Waals surface area contributed by atoms with E-state index >= 15 is 0 Å². The van der Waals surface area contributed by atoms with Crippen LogP contribution in [-0.4, -0.2) is 58.5 Å². The molecule has 1 aliphatic rings. The standard InChI is InChI=1S/C21H28Cl2N4O4S2/c1-13(2)27(26-24)8-4-3-5-9-31-25-11-14(10-18(29)30)19-17(12-28)32-20-15(22)6-7-16(23)21(20)33-19/h6-7,11,13,17,24,28H,3-5,8-10,12H2,1-2H3,(H,29,30)/b19-14-,25-11+,26-24?. The summed E-state index contributed by atoms with van der Waals surface area (Å²) in [4.78, 5) is 19.0. The molecular weight excluding hydrogens is 507 g/mol. The molecule has 3 N–H and O–H groups in total. The molecule has 0 saturated heterocycles. The van der Waals surface area contributed by atoms with Gasteiger partial charge in [0.1, 0.15) is 6.61 Å². The van der Waals surface area contributed by atoms with Crippen molar-refractivity contribution in [1.29, 1.82) is 5.53 Å². The number of hydrogen-bond donors (Lipinski definition) is 3. The molecule has 0 fully saturated rings. The Hall–Kier alpha value is -1.46. The summed E-state index contributed by atoms with van der Waals surface area (Å²) in [5.74, 6) is -1.01. The summed E-state index contributed by atoms with van der Waals surface area (Å²) in [6, 6.07) is 3.59. The molecule has 1 heterocycles. The Bertz CT molecular complexity index is 899. The van der Waals surface area contributed by atoms with Gasteiger partial charge in [0.25, 0.3) is 0 Å². The lowest BCUT2D eigenvalue weighted by Gasteiger charge is -2.28. The van der Waals surface area contributed by atoms with Gasteiger partial charge in [-0.3, -0.25) is 9.80 Å². The van der Waals surface area contributed by atoms with Crippen molar-refractivity contribution >= 4 is 58.9 Å². The number of unbranched alkanes of at least 4 members (excludes halogenated alkanes) is 2. The second-order valence-corrected chi connectivity index (χ2v) is 10.6. The second kappa shape index (κ2) is 14.1. The number of carboxylic acid groups (broad SMARTS) is 1. The predicted molar refractivity (Wildman–Crippen MR) is 134 cm³/mol. The lowest BCUT2D eigenvalue weighted by atomic mass is 10.1. The van der Waals surface area contributed by atoms with E-state index in [1.54, 1.807) is 17.1 Å². The first-order chi connectivity index (χ1) is 15.8. The molecule has 0 saturated carbocycles. The molecule has 33 heavy (non-hydrogen) atoms. The first-order valence-corrected chi connectivity index (χ1v) is 12.9. The van der Waals surface area contributed by atoms with Crippen molar-refractivity contribution in [2.24, 2.45) is 10.4 Å². The summed E-state index contributed by atoms with van der Waals surface area (Å²) < 4.78 is 0. The van der Waals surface area contributed by atoms with Gasteiger partial charge in [-0.25, -0.2) is 0 Å². The Kier molecular flexibility index (Phi) is 11.8. The highest BCUT2D eigenvalue weighted by Gasteiger charge is 2.30. The number of thioether (sulfide) groups is 2. The van der Waals surface area contributed by atoms with E-state index in [0.29, 0.717) is 33.7 Å². The van der Waals surface area contributed by atoms with E-state index in [1.165, 1.54) is 29.7 Å². The quantitative estimate of drug-likeness (QED) is 0.121. The topological polar surface area (TPSA) is 119 Å². The molecule has 0 aromatic heterocycles. The maximum atomic E-state index is 11.5. The fraction of sp³-hybridized carbons (Fsp3) is 0.524. The van der Waals surface area contributed by atoms with Crippen LogP contribution in [0.5, 0.6) is 0 Å². The number of rotatable bonds is 13. The van der Waals surface area contributed by atoms with E-state index in [2.05, 4.69) is 10.4 Å². The van der Waals surface area contributed by atoms with Crippen molar-refractivity contribution in [1.82, 2.24) is 5.01 Å². The molecule has 1 aromatic carbocycles. The van der Waals surface area contributed by atoms with Crippen LogP contribution >= 0.6 is 46.7 Å². The highest BCUT2D eigenvalue weighted by atomic mass is 35.5. The van der Waals surface area contributed by atoms with Gasteiger partial charge in [-0.2, -0.15) is 5.53 Å². The number of nitrogens with one attached hydrogen (secondary N) is 1. The number of nitrogens with zero attached hydrogens (tertiary/aromatic N) is 3. The van der Waals surface area contributed by atoms with E-state index < -0.39 is 5.97 Å². The first kappa shape index (κ1) is 27.8. The number of oxime groups is 1. The number of hydrogen-bond acceptors (Lipinski definition) is 8. The third-order valence-electron chi connectivity index (χ3n) is 4.74. The van der Waals surface area contributed by atoms with Gasteiger partial charge in [0.15, 0.2) is 0 Å². The molecule has 2 rings (SSSR count). The average Bonchev–Trinajstić information content (AvgIpc) is 2.78. The number of benzene rings is 1. The number of aliphatic hydroxyl groups is 1. The fourth-order valence-electron chi connectivity index (χ4n) is 3.04. The zero-order chi connectivity index (χ0) is 24.4. The van der Waals surface area contributed by atoms with Crippen molar-refractivity contribution in [2.75, 3.05) is 19.8 Å². The van der Waals surface area contributed by atoms with Crippen LogP contribution in [0.3, 0.4) is 0 Å². The zero-order valence-electron chi connectivity index (χ0n) is 18.5. The van der Waals surface area contributed by atoms with Gasteiger partial charge < -0.3 is 15.1 Å². The van der Waals surface area contributed by atoms with Crippen molar-refractivity contribution in [3.8, 4) is 0 Å². The molecule has 182 valence electrons. The second-order valence-electron chi connectivity index (χ2n) is 7.52. The van der Waals surface area contributed by atoms with Gasteiger partial charge in [0.2, 0.25) is 0 Å². The molecule has 0 amide bonds. The smallest absolute Gasteiger partial charge is 0.307 e.